The van der Waals surface area contributed by atoms with Crippen LogP contribution in [-0.2, 0) is 33.4 Å². The maximum atomic E-state index is 14.5. The summed E-state index contributed by atoms with van der Waals surface area (Å²) < 4.78 is 67.7. The molecule has 1 aliphatic rings. The summed E-state index contributed by atoms with van der Waals surface area (Å²) in [6, 6.07) is 12.9. The number of pyridine rings is 1. The van der Waals surface area contributed by atoms with Crippen LogP contribution >= 0.6 is 0 Å². The zero-order chi connectivity index (χ0) is 28.4. The zero-order valence-corrected chi connectivity index (χ0v) is 23.0. The van der Waals surface area contributed by atoms with Crippen LogP contribution in [0.4, 0.5) is 8.78 Å². The average Bonchev–Trinajstić information content (AvgIpc) is 3.16. The molecule has 1 aliphatic heterocycles. The van der Waals surface area contributed by atoms with Crippen LogP contribution in [-0.4, -0.2) is 37.4 Å². The molecule has 0 spiro atoms. The molecule has 0 aliphatic carbocycles. The summed E-state index contributed by atoms with van der Waals surface area (Å²) in [5, 5.41) is -0.621. The van der Waals surface area contributed by atoms with Crippen LogP contribution in [0.25, 0.3) is 0 Å². The number of aromatic nitrogens is 1. The van der Waals surface area contributed by atoms with Crippen molar-refractivity contribution in [2.75, 3.05) is 13.2 Å². The van der Waals surface area contributed by atoms with E-state index in [4.69, 9.17) is 9.47 Å². The van der Waals surface area contributed by atoms with Crippen molar-refractivity contribution in [2.24, 2.45) is 5.92 Å². The van der Waals surface area contributed by atoms with Gasteiger partial charge in [0.2, 0.25) is 5.95 Å². The molecule has 0 bridgehead atoms. The Bertz CT molecular complexity index is 1480. The Hall–Kier alpha value is -3.57. The molecule has 1 amide bonds. The fourth-order valence-electron chi connectivity index (χ4n) is 4.57. The minimum absolute atomic E-state index is 0.0955. The molecule has 0 saturated heterocycles. The van der Waals surface area contributed by atoms with Gasteiger partial charge in [-0.3, -0.25) is 9.69 Å². The van der Waals surface area contributed by atoms with Gasteiger partial charge in [-0.05, 0) is 61.2 Å². The SMILES string of the molecule is CCOc1cccc2c1CN(Cc1cc(F)cc(OCC(C)C)c1)C2(C)C(=O)NS(=O)(=O)c1cccc(F)n1. The normalized spacial score (nSPS) is 17.2. The minimum Gasteiger partial charge on any atom is -0.494 e. The number of nitrogens with one attached hydrogen (secondary N) is 1. The van der Waals surface area contributed by atoms with Crippen molar-refractivity contribution < 1.29 is 31.5 Å². The molecule has 2 heterocycles. The van der Waals surface area contributed by atoms with E-state index >= 15 is 0 Å². The smallest absolute Gasteiger partial charge is 0.281 e. The number of ether oxygens (including phenoxy) is 2. The summed E-state index contributed by atoms with van der Waals surface area (Å²) in [5.41, 5.74) is 0.286. The molecule has 0 radical (unpaired) electrons. The molecule has 1 aromatic heterocycles. The Labute approximate surface area is 227 Å². The molecule has 0 fully saturated rings. The first-order valence-corrected chi connectivity index (χ1v) is 14.0. The number of rotatable bonds is 10. The second-order valence-corrected chi connectivity index (χ2v) is 11.5. The average molecular weight is 560 g/mol. The third kappa shape index (κ3) is 6.04. The second-order valence-electron chi connectivity index (χ2n) is 9.88. The largest absolute Gasteiger partial charge is 0.494 e. The highest BCUT2D eigenvalue weighted by molar-refractivity contribution is 7.90. The number of amides is 1. The van der Waals surface area contributed by atoms with Gasteiger partial charge in [-0.25, -0.2) is 14.1 Å². The van der Waals surface area contributed by atoms with E-state index in [1.54, 1.807) is 36.1 Å². The van der Waals surface area contributed by atoms with Crippen LogP contribution in [0.3, 0.4) is 0 Å². The molecule has 39 heavy (non-hydrogen) atoms. The van der Waals surface area contributed by atoms with Gasteiger partial charge in [0.1, 0.15) is 22.9 Å². The fourth-order valence-corrected chi connectivity index (χ4v) is 5.58. The van der Waals surface area contributed by atoms with Crippen LogP contribution in [0.15, 0.2) is 59.6 Å². The van der Waals surface area contributed by atoms with E-state index in [2.05, 4.69) is 9.71 Å². The summed E-state index contributed by atoms with van der Waals surface area (Å²) in [6.45, 7) is 8.51. The standard InChI is InChI=1S/C28H31F2N3O5S/c1-5-37-24-9-6-8-23-22(24)16-33(15-19-12-20(29)14-21(13-19)38-17-18(2)3)28(23,4)27(34)32-39(35,36)26-11-7-10-25(30)31-26/h6-14,18H,5,15-17H2,1-4H3,(H,32,34). The molecular weight excluding hydrogens is 528 g/mol. The molecule has 11 heteroatoms. The number of hydrogen-bond donors (Lipinski definition) is 1. The van der Waals surface area contributed by atoms with E-state index in [1.165, 1.54) is 18.2 Å². The van der Waals surface area contributed by atoms with E-state index in [0.29, 0.717) is 41.4 Å². The van der Waals surface area contributed by atoms with Crippen molar-refractivity contribution >= 4 is 15.9 Å². The summed E-state index contributed by atoms with van der Waals surface area (Å²) >= 11 is 0. The highest BCUT2D eigenvalue weighted by Gasteiger charge is 2.49. The van der Waals surface area contributed by atoms with Crippen LogP contribution in [0.1, 0.15) is 44.4 Å². The Balaban J connectivity index is 1.72. The Morgan fingerprint density at radius 1 is 1.13 bits per heavy atom. The summed E-state index contributed by atoms with van der Waals surface area (Å²) in [7, 11) is -4.49. The van der Waals surface area contributed by atoms with E-state index in [9.17, 15) is 22.0 Å². The number of sulfonamides is 1. The molecule has 2 aromatic carbocycles. The Kier molecular flexibility index (Phi) is 8.22. The van der Waals surface area contributed by atoms with Gasteiger partial charge in [-0.2, -0.15) is 12.8 Å². The number of hydrogen-bond acceptors (Lipinski definition) is 7. The Morgan fingerprint density at radius 3 is 2.56 bits per heavy atom. The van der Waals surface area contributed by atoms with Gasteiger partial charge < -0.3 is 9.47 Å². The molecule has 4 rings (SSSR count). The fraction of sp³-hybridized carbons (Fsp3) is 0.357. The van der Waals surface area contributed by atoms with Gasteiger partial charge in [0.25, 0.3) is 15.9 Å². The summed E-state index contributed by atoms with van der Waals surface area (Å²) in [6.07, 6.45) is 0. The van der Waals surface area contributed by atoms with Crippen LogP contribution in [0.5, 0.6) is 11.5 Å². The lowest BCUT2D eigenvalue weighted by Gasteiger charge is -2.34. The third-order valence-corrected chi connectivity index (χ3v) is 7.69. The third-order valence-electron chi connectivity index (χ3n) is 6.46. The first-order chi connectivity index (χ1) is 18.4. The van der Waals surface area contributed by atoms with Crippen molar-refractivity contribution in [1.29, 1.82) is 0 Å². The maximum Gasteiger partial charge on any atom is 0.281 e. The van der Waals surface area contributed by atoms with Gasteiger partial charge in [-0.15, -0.1) is 0 Å². The molecule has 3 aromatic rings. The first kappa shape index (κ1) is 28.4. The van der Waals surface area contributed by atoms with Gasteiger partial charge in [0.05, 0.1) is 13.2 Å². The van der Waals surface area contributed by atoms with Gasteiger partial charge in [0, 0.05) is 24.7 Å². The van der Waals surface area contributed by atoms with Gasteiger partial charge in [0.15, 0.2) is 5.03 Å². The van der Waals surface area contributed by atoms with Gasteiger partial charge in [-0.1, -0.05) is 32.0 Å². The number of fused-ring (bicyclic) bond motifs is 1. The van der Waals surface area contributed by atoms with Crippen molar-refractivity contribution in [3.8, 4) is 11.5 Å². The quantitative estimate of drug-likeness (QED) is 0.365. The van der Waals surface area contributed by atoms with E-state index in [1.807, 2.05) is 20.8 Å². The molecule has 208 valence electrons. The van der Waals surface area contributed by atoms with Crippen LogP contribution < -0.4 is 14.2 Å². The van der Waals surface area contributed by atoms with Crippen molar-refractivity contribution in [3.05, 3.63) is 83.1 Å². The first-order valence-electron chi connectivity index (χ1n) is 12.6. The highest BCUT2D eigenvalue weighted by atomic mass is 32.2. The number of carbonyl (C=O) groups excluding carboxylic acids is 1. The maximum absolute atomic E-state index is 14.5. The summed E-state index contributed by atoms with van der Waals surface area (Å²) in [5.74, 6) is -1.20. The molecule has 1 atom stereocenters. The molecule has 1 N–H and O–H groups in total. The zero-order valence-electron chi connectivity index (χ0n) is 22.2. The molecule has 1 unspecified atom stereocenters. The number of halogens is 2. The van der Waals surface area contributed by atoms with E-state index < -0.39 is 38.3 Å². The number of carbonyl (C=O) groups is 1. The molecule has 8 nitrogen and oxygen atoms in total. The van der Waals surface area contributed by atoms with Crippen molar-refractivity contribution in [2.45, 2.75) is 51.3 Å². The van der Waals surface area contributed by atoms with Crippen molar-refractivity contribution in [3.63, 3.8) is 0 Å². The highest BCUT2D eigenvalue weighted by Crippen LogP contribution is 2.44. The second kappa shape index (κ2) is 11.3. The van der Waals surface area contributed by atoms with Gasteiger partial charge >= 0.3 is 0 Å². The molecule has 0 saturated carbocycles. The van der Waals surface area contributed by atoms with Crippen LogP contribution in [0.2, 0.25) is 0 Å². The minimum atomic E-state index is -4.49. The Morgan fingerprint density at radius 2 is 1.87 bits per heavy atom. The lowest BCUT2D eigenvalue weighted by molar-refractivity contribution is -0.131. The monoisotopic (exact) mass is 559 g/mol. The van der Waals surface area contributed by atoms with Crippen LogP contribution in [0, 0.1) is 17.7 Å². The van der Waals surface area contributed by atoms with E-state index in [-0.39, 0.29) is 19.0 Å². The molecular formula is C28H31F2N3O5S. The number of benzene rings is 2. The van der Waals surface area contributed by atoms with E-state index in [0.717, 1.165) is 12.1 Å². The lowest BCUT2D eigenvalue weighted by atomic mass is 9.90. The van der Waals surface area contributed by atoms with Crippen molar-refractivity contribution in [1.82, 2.24) is 14.6 Å². The predicted octanol–water partition coefficient (Wildman–Crippen LogP) is 4.53. The topological polar surface area (TPSA) is 97.8 Å². The lowest BCUT2D eigenvalue weighted by Crippen LogP contribution is -2.52. The number of nitrogens with zero attached hydrogens (tertiary/aromatic N) is 2. The summed E-state index contributed by atoms with van der Waals surface area (Å²) in [4.78, 5) is 18.9. The predicted molar refractivity (Wildman–Crippen MR) is 140 cm³/mol.